The Morgan fingerprint density at radius 1 is 1.20 bits per heavy atom. The summed E-state index contributed by atoms with van der Waals surface area (Å²) in [6, 6.07) is 11.4. The van der Waals surface area contributed by atoms with Gasteiger partial charge in [-0.25, -0.2) is 4.98 Å². The molecule has 0 fully saturated rings. The molecule has 2 aromatic heterocycles. The van der Waals surface area contributed by atoms with Crippen LogP contribution in [0, 0.1) is 0 Å². The molecule has 0 aliphatic carbocycles. The lowest BCUT2D eigenvalue weighted by Crippen LogP contribution is -2.19. The number of aliphatic hydroxyl groups is 1. The van der Waals surface area contributed by atoms with Crippen LogP contribution in [0.3, 0.4) is 0 Å². The van der Waals surface area contributed by atoms with E-state index in [1.807, 2.05) is 43.3 Å². The molecule has 0 saturated carbocycles. The minimum Gasteiger partial charge on any atom is -0.497 e. The van der Waals surface area contributed by atoms with Crippen LogP contribution in [0.5, 0.6) is 5.75 Å². The third kappa shape index (κ3) is 4.33. The molecular weight excluding hydrogens is 320 g/mol. The van der Waals surface area contributed by atoms with Gasteiger partial charge in [-0.1, -0.05) is 17.3 Å². The number of aliphatic hydroxyl groups excluding tert-OH is 1. The lowest BCUT2D eigenvalue weighted by molar-refractivity contribution is 0.281. The van der Waals surface area contributed by atoms with Gasteiger partial charge in [-0.3, -0.25) is 0 Å². The Morgan fingerprint density at radius 3 is 2.64 bits per heavy atom. The second-order valence-electron chi connectivity index (χ2n) is 5.70. The Kier molecular flexibility index (Phi) is 5.25. The van der Waals surface area contributed by atoms with E-state index in [-0.39, 0.29) is 12.6 Å². The molecule has 3 aromatic rings. The summed E-state index contributed by atoms with van der Waals surface area (Å²) in [6.45, 7) is 1.92. The predicted octanol–water partition coefficient (Wildman–Crippen LogP) is 2.52. The van der Waals surface area contributed by atoms with Gasteiger partial charge in [0.2, 0.25) is 0 Å². The van der Waals surface area contributed by atoms with Gasteiger partial charge in [-0.2, -0.15) is 4.98 Å². The van der Waals surface area contributed by atoms with Gasteiger partial charge in [0.15, 0.2) is 5.82 Å². The zero-order chi connectivity index (χ0) is 17.6. The Balaban J connectivity index is 1.68. The van der Waals surface area contributed by atoms with Crippen molar-refractivity contribution in [2.45, 2.75) is 19.4 Å². The van der Waals surface area contributed by atoms with E-state index < -0.39 is 0 Å². The summed E-state index contributed by atoms with van der Waals surface area (Å²) in [7, 11) is 1.64. The molecule has 2 N–H and O–H groups in total. The Labute approximate surface area is 145 Å². The molecule has 130 valence electrons. The SMILES string of the molecule is COc1ccc(Cc2noc(-c3ccc(NC(C)CO)nc3)n2)cc1. The van der Waals surface area contributed by atoms with Crippen molar-refractivity contribution in [3.63, 3.8) is 0 Å². The lowest BCUT2D eigenvalue weighted by Gasteiger charge is -2.10. The van der Waals surface area contributed by atoms with E-state index >= 15 is 0 Å². The molecule has 0 amide bonds. The van der Waals surface area contributed by atoms with Crippen LogP contribution in [0.25, 0.3) is 11.5 Å². The predicted molar refractivity (Wildman–Crippen MR) is 93.5 cm³/mol. The first-order valence-electron chi connectivity index (χ1n) is 7.97. The van der Waals surface area contributed by atoms with Crippen LogP contribution in [0.4, 0.5) is 5.82 Å². The van der Waals surface area contributed by atoms with E-state index in [1.165, 1.54) is 0 Å². The molecule has 1 unspecified atom stereocenters. The molecule has 0 radical (unpaired) electrons. The third-order valence-electron chi connectivity index (χ3n) is 3.67. The van der Waals surface area contributed by atoms with Crippen molar-refractivity contribution in [3.05, 3.63) is 54.0 Å². The van der Waals surface area contributed by atoms with E-state index in [4.69, 9.17) is 14.4 Å². The number of hydrogen-bond donors (Lipinski definition) is 2. The first kappa shape index (κ1) is 16.9. The molecule has 7 nitrogen and oxygen atoms in total. The van der Waals surface area contributed by atoms with Gasteiger partial charge in [0, 0.05) is 18.7 Å². The maximum Gasteiger partial charge on any atom is 0.259 e. The molecule has 0 aliphatic rings. The van der Waals surface area contributed by atoms with Gasteiger partial charge >= 0.3 is 0 Å². The van der Waals surface area contributed by atoms with Crippen molar-refractivity contribution in [1.82, 2.24) is 15.1 Å². The number of nitrogens with one attached hydrogen (secondary N) is 1. The van der Waals surface area contributed by atoms with Crippen LogP contribution in [0.1, 0.15) is 18.3 Å². The standard InChI is InChI=1S/C18H20N4O3/c1-12(11-23)20-16-8-5-14(10-19-16)18-21-17(22-25-18)9-13-3-6-15(24-2)7-4-13/h3-8,10,12,23H,9,11H2,1-2H3,(H,19,20). The van der Waals surface area contributed by atoms with Gasteiger partial charge in [0.25, 0.3) is 5.89 Å². The number of anilines is 1. The molecule has 3 rings (SSSR count). The molecule has 1 aromatic carbocycles. The average molecular weight is 340 g/mol. The van der Waals surface area contributed by atoms with Crippen molar-refractivity contribution in [2.75, 3.05) is 19.0 Å². The lowest BCUT2D eigenvalue weighted by atomic mass is 10.1. The number of pyridine rings is 1. The molecule has 0 aliphatic heterocycles. The van der Waals surface area contributed by atoms with Gasteiger partial charge in [0.05, 0.1) is 19.3 Å². The van der Waals surface area contributed by atoms with E-state index in [1.54, 1.807) is 13.3 Å². The summed E-state index contributed by atoms with van der Waals surface area (Å²) in [5.41, 5.74) is 1.82. The van der Waals surface area contributed by atoms with E-state index in [0.717, 1.165) is 16.9 Å². The van der Waals surface area contributed by atoms with E-state index in [9.17, 15) is 0 Å². The highest BCUT2D eigenvalue weighted by atomic mass is 16.5. The zero-order valence-electron chi connectivity index (χ0n) is 14.1. The molecule has 7 heteroatoms. The zero-order valence-corrected chi connectivity index (χ0v) is 14.1. The Morgan fingerprint density at radius 2 is 2.00 bits per heavy atom. The van der Waals surface area contributed by atoms with Crippen LogP contribution in [0.2, 0.25) is 0 Å². The van der Waals surface area contributed by atoms with Gasteiger partial charge < -0.3 is 19.7 Å². The van der Waals surface area contributed by atoms with Gasteiger partial charge in [0.1, 0.15) is 11.6 Å². The summed E-state index contributed by atoms with van der Waals surface area (Å²) < 4.78 is 10.5. The first-order chi connectivity index (χ1) is 12.2. The number of hydrogen-bond acceptors (Lipinski definition) is 7. The molecular formula is C18H20N4O3. The van der Waals surface area contributed by atoms with Crippen molar-refractivity contribution in [3.8, 4) is 17.2 Å². The summed E-state index contributed by atoms with van der Waals surface area (Å²) in [5, 5.41) is 16.2. The largest absolute Gasteiger partial charge is 0.497 e. The number of aromatic nitrogens is 3. The molecule has 0 saturated heterocycles. The van der Waals surface area contributed by atoms with Crippen LogP contribution in [0.15, 0.2) is 47.1 Å². The van der Waals surface area contributed by atoms with E-state index in [2.05, 4.69) is 20.4 Å². The quantitative estimate of drug-likeness (QED) is 0.682. The molecule has 2 heterocycles. The molecule has 0 spiro atoms. The van der Waals surface area contributed by atoms with Crippen molar-refractivity contribution >= 4 is 5.82 Å². The maximum atomic E-state index is 9.05. The topological polar surface area (TPSA) is 93.3 Å². The fourth-order valence-electron chi connectivity index (χ4n) is 2.27. The maximum absolute atomic E-state index is 9.05. The fraction of sp³-hybridized carbons (Fsp3) is 0.278. The number of methoxy groups -OCH3 is 1. The number of ether oxygens (including phenoxy) is 1. The van der Waals surface area contributed by atoms with Crippen LogP contribution >= 0.6 is 0 Å². The third-order valence-corrected chi connectivity index (χ3v) is 3.67. The van der Waals surface area contributed by atoms with Gasteiger partial charge in [-0.05, 0) is 36.8 Å². The first-order valence-corrected chi connectivity index (χ1v) is 7.97. The smallest absolute Gasteiger partial charge is 0.259 e. The minimum atomic E-state index is -0.0575. The highest BCUT2D eigenvalue weighted by molar-refractivity contribution is 5.54. The number of benzene rings is 1. The van der Waals surface area contributed by atoms with Crippen molar-refractivity contribution in [2.24, 2.45) is 0 Å². The molecule has 1 atom stereocenters. The number of nitrogens with zero attached hydrogens (tertiary/aromatic N) is 3. The molecule has 0 bridgehead atoms. The van der Waals surface area contributed by atoms with Crippen molar-refractivity contribution in [1.29, 1.82) is 0 Å². The normalized spacial score (nSPS) is 12.0. The van der Waals surface area contributed by atoms with Crippen LogP contribution in [-0.4, -0.2) is 40.0 Å². The van der Waals surface area contributed by atoms with Gasteiger partial charge in [-0.15, -0.1) is 0 Å². The second-order valence-corrected chi connectivity index (χ2v) is 5.70. The Bertz CT molecular complexity index is 800. The average Bonchev–Trinajstić information content (AvgIpc) is 3.11. The van der Waals surface area contributed by atoms with Crippen LogP contribution in [-0.2, 0) is 6.42 Å². The highest BCUT2D eigenvalue weighted by Crippen LogP contribution is 2.19. The summed E-state index contributed by atoms with van der Waals surface area (Å²) in [4.78, 5) is 8.71. The highest BCUT2D eigenvalue weighted by Gasteiger charge is 2.10. The Hall–Kier alpha value is -2.93. The molecule has 25 heavy (non-hydrogen) atoms. The van der Waals surface area contributed by atoms with E-state index in [0.29, 0.717) is 24.0 Å². The van der Waals surface area contributed by atoms with Crippen molar-refractivity contribution < 1.29 is 14.4 Å². The summed E-state index contributed by atoms with van der Waals surface area (Å²) >= 11 is 0. The fourth-order valence-corrected chi connectivity index (χ4v) is 2.27. The van der Waals surface area contributed by atoms with Crippen LogP contribution < -0.4 is 10.1 Å². The second kappa shape index (κ2) is 7.76. The summed E-state index contributed by atoms with van der Waals surface area (Å²) in [6.07, 6.45) is 2.24. The monoisotopic (exact) mass is 340 g/mol. The minimum absolute atomic E-state index is 0.0435. The number of rotatable bonds is 7. The summed E-state index contributed by atoms with van der Waals surface area (Å²) in [5.74, 6) is 2.53.